The van der Waals surface area contributed by atoms with Gasteiger partial charge in [0.25, 0.3) is 0 Å². The van der Waals surface area contributed by atoms with Crippen molar-refractivity contribution < 1.29 is 13.2 Å². The fourth-order valence-corrected chi connectivity index (χ4v) is 6.60. The van der Waals surface area contributed by atoms with Gasteiger partial charge in [0.1, 0.15) is 11.5 Å². The van der Waals surface area contributed by atoms with E-state index in [1.54, 1.807) is 0 Å². The lowest BCUT2D eigenvalue weighted by atomic mass is 10.1. The predicted octanol–water partition coefficient (Wildman–Crippen LogP) is 4.26. The van der Waals surface area contributed by atoms with Crippen molar-refractivity contribution in [1.29, 1.82) is 0 Å². The first-order valence-corrected chi connectivity index (χ1v) is 12.0. The summed E-state index contributed by atoms with van der Waals surface area (Å²) in [7, 11) is -3.13. The van der Waals surface area contributed by atoms with Crippen molar-refractivity contribution >= 4 is 38.5 Å². The second-order valence-electron chi connectivity index (χ2n) is 7.48. The van der Waals surface area contributed by atoms with Crippen LogP contribution in [0.2, 0.25) is 0 Å². The Morgan fingerprint density at radius 1 is 0.700 bits per heavy atom. The summed E-state index contributed by atoms with van der Waals surface area (Å²) >= 11 is 5.82. The standard InChI is InChI=1S/C23H20N2O3S2/c26-30(27)15-21-22(16-30)25(23(29)24(21)17-7-3-1-4-8-17)18-11-13-20(14-12-18)28-19-9-5-2-6-10-19/h1-14,21-22H,15-16H2. The molecule has 0 saturated carbocycles. The molecule has 5 nitrogen and oxygen atoms in total. The first-order valence-electron chi connectivity index (χ1n) is 9.73. The third-order valence-electron chi connectivity index (χ3n) is 5.50. The quantitative estimate of drug-likeness (QED) is 0.570. The Bertz CT molecular complexity index is 1170. The van der Waals surface area contributed by atoms with Crippen LogP contribution >= 0.6 is 12.2 Å². The normalized spacial score (nSPS) is 22.2. The summed E-state index contributed by atoms with van der Waals surface area (Å²) in [5.41, 5.74) is 1.78. The van der Waals surface area contributed by atoms with Crippen molar-refractivity contribution in [2.24, 2.45) is 0 Å². The molecule has 0 spiro atoms. The molecule has 2 heterocycles. The highest BCUT2D eigenvalue weighted by Crippen LogP contribution is 2.38. The molecular weight excluding hydrogens is 416 g/mol. The maximum Gasteiger partial charge on any atom is 0.181 e. The summed E-state index contributed by atoms with van der Waals surface area (Å²) in [6, 6.07) is 26.6. The Kier molecular flexibility index (Phi) is 4.72. The highest BCUT2D eigenvalue weighted by molar-refractivity contribution is 7.91. The summed E-state index contributed by atoms with van der Waals surface area (Å²) in [5.74, 6) is 1.69. The van der Waals surface area contributed by atoms with Crippen LogP contribution in [0.1, 0.15) is 0 Å². The summed E-state index contributed by atoms with van der Waals surface area (Å²) < 4.78 is 30.8. The number of ether oxygens (including phenoxy) is 1. The van der Waals surface area contributed by atoms with Gasteiger partial charge in [-0.1, -0.05) is 36.4 Å². The van der Waals surface area contributed by atoms with Gasteiger partial charge in [-0.15, -0.1) is 0 Å². The van der Waals surface area contributed by atoms with E-state index >= 15 is 0 Å². The van der Waals surface area contributed by atoms with E-state index in [9.17, 15) is 8.42 Å². The fraction of sp³-hybridized carbons (Fsp3) is 0.174. The number of fused-ring (bicyclic) bond motifs is 1. The third kappa shape index (κ3) is 3.44. The molecule has 5 rings (SSSR count). The van der Waals surface area contributed by atoms with Crippen molar-refractivity contribution in [3.05, 3.63) is 84.9 Å². The lowest BCUT2D eigenvalue weighted by Crippen LogP contribution is -2.37. The van der Waals surface area contributed by atoms with Crippen LogP contribution in [0.3, 0.4) is 0 Å². The van der Waals surface area contributed by atoms with Crippen molar-refractivity contribution in [1.82, 2.24) is 0 Å². The highest BCUT2D eigenvalue weighted by Gasteiger charge is 2.52. The van der Waals surface area contributed by atoms with Crippen molar-refractivity contribution in [3.63, 3.8) is 0 Å². The SMILES string of the molecule is O=S1(=O)CC2C(C1)N(c1ccc(Oc3ccccc3)cc1)C(=S)N2c1ccccc1. The smallest absolute Gasteiger partial charge is 0.181 e. The molecule has 0 N–H and O–H groups in total. The average Bonchev–Trinajstić information content (AvgIpc) is 3.18. The van der Waals surface area contributed by atoms with Crippen LogP contribution in [0.15, 0.2) is 84.9 Å². The molecule has 0 amide bonds. The predicted molar refractivity (Wildman–Crippen MR) is 123 cm³/mol. The largest absolute Gasteiger partial charge is 0.457 e. The molecule has 2 atom stereocenters. The molecule has 2 unspecified atom stereocenters. The molecule has 2 saturated heterocycles. The molecule has 2 fully saturated rings. The van der Waals surface area contributed by atoms with E-state index < -0.39 is 9.84 Å². The first-order chi connectivity index (χ1) is 14.5. The molecule has 7 heteroatoms. The number of benzene rings is 3. The summed E-state index contributed by atoms with van der Waals surface area (Å²) in [4.78, 5) is 3.96. The van der Waals surface area contributed by atoms with E-state index in [1.165, 1.54) is 0 Å². The number of para-hydroxylation sites is 2. The lowest BCUT2D eigenvalue weighted by molar-refractivity contribution is 0.482. The molecule has 3 aromatic carbocycles. The Hall–Kier alpha value is -2.90. The number of nitrogens with zero attached hydrogens (tertiary/aromatic N) is 2. The van der Waals surface area contributed by atoms with Gasteiger partial charge >= 0.3 is 0 Å². The van der Waals surface area contributed by atoms with Gasteiger partial charge in [0, 0.05) is 11.4 Å². The highest BCUT2D eigenvalue weighted by atomic mass is 32.2. The molecular formula is C23H20N2O3S2. The summed E-state index contributed by atoms with van der Waals surface area (Å²) in [5, 5.41) is 0.628. The van der Waals surface area contributed by atoms with Crippen LogP contribution in [0.25, 0.3) is 0 Å². The first kappa shape index (κ1) is 19.1. The molecule has 0 bridgehead atoms. The van der Waals surface area contributed by atoms with Gasteiger partial charge in [-0.2, -0.15) is 0 Å². The number of thiocarbonyl (C=S) groups is 1. The molecule has 2 aliphatic heterocycles. The van der Waals surface area contributed by atoms with E-state index in [0.29, 0.717) is 10.9 Å². The number of anilines is 2. The zero-order valence-electron chi connectivity index (χ0n) is 16.1. The zero-order valence-corrected chi connectivity index (χ0v) is 17.7. The second-order valence-corrected chi connectivity index (χ2v) is 10.00. The third-order valence-corrected chi connectivity index (χ3v) is 7.59. The minimum atomic E-state index is -3.13. The van der Waals surface area contributed by atoms with Gasteiger partial charge in [-0.25, -0.2) is 8.42 Å². The van der Waals surface area contributed by atoms with Gasteiger partial charge in [0.05, 0.1) is 23.6 Å². The summed E-state index contributed by atoms with van der Waals surface area (Å²) in [6.07, 6.45) is 0. The van der Waals surface area contributed by atoms with Crippen molar-refractivity contribution in [2.75, 3.05) is 21.3 Å². The monoisotopic (exact) mass is 436 g/mol. The maximum absolute atomic E-state index is 12.4. The second kappa shape index (κ2) is 7.41. The van der Waals surface area contributed by atoms with Crippen LogP contribution in [0.5, 0.6) is 11.5 Å². The number of rotatable bonds is 4. The van der Waals surface area contributed by atoms with Gasteiger partial charge in [-0.3, -0.25) is 0 Å². The van der Waals surface area contributed by atoms with Crippen LogP contribution < -0.4 is 14.5 Å². The summed E-state index contributed by atoms with van der Waals surface area (Å²) in [6.45, 7) is 0. The van der Waals surface area contributed by atoms with Gasteiger partial charge in [0.15, 0.2) is 14.9 Å². The number of hydrogen-bond acceptors (Lipinski definition) is 4. The maximum atomic E-state index is 12.4. The van der Waals surface area contributed by atoms with E-state index in [1.807, 2.05) is 94.7 Å². The number of hydrogen-bond donors (Lipinski definition) is 0. The van der Waals surface area contributed by atoms with E-state index in [-0.39, 0.29) is 23.6 Å². The Labute approximate surface area is 181 Å². The van der Waals surface area contributed by atoms with Gasteiger partial charge in [-0.05, 0) is 60.7 Å². The molecule has 3 aromatic rings. The van der Waals surface area contributed by atoms with Crippen molar-refractivity contribution in [3.8, 4) is 11.5 Å². The van der Waals surface area contributed by atoms with E-state index in [2.05, 4.69) is 0 Å². The lowest BCUT2D eigenvalue weighted by Gasteiger charge is -2.25. The molecule has 0 radical (unpaired) electrons. The molecule has 2 aliphatic rings. The van der Waals surface area contributed by atoms with E-state index in [4.69, 9.17) is 17.0 Å². The fourth-order valence-electron chi connectivity index (χ4n) is 4.20. The Morgan fingerprint density at radius 3 is 1.73 bits per heavy atom. The van der Waals surface area contributed by atoms with Crippen LogP contribution in [-0.4, -0.2) is 37.1 Å². The van der Waals surface area contributed by atoms with Gasteiger partial charge in [0.2, 0.25) is 0 Å². The molecule has 30 heavy (non-hydrogen) atoms. The minimum Gasteiger partial charge on any atom is -0.457 e. The molecule has 0 aliphatic carbocycles. The molecule has 152 valence electrons. The zero-order chi connectivity index (χ0) is 20.7. The number of sulfone groups is 1. The average molecular weight is 437 g/mol. The van der Waals surface area contributed by atoms with Crippen LogP contribution in [0.4, 0.5) is 11.4 Å². The minimum absolute atomic E-state index is 0.101. The van der Waals surface area contributed by atoms with Gasteiger partial charge < -0.3 is 14.5 Å². The van der Waals surface area contributed by atoms with Crippen molar-refractivity contribution in [2.45, 2.75) is 12.1 Å². The topological polar surface area (TPSA) is 49.9 Å². The van der Waals surface area contributed by atoms with E-state index in [0.717, 1.165) is 17.1 Å². The Balaban J connectivity index is 1.46. The molecule has 0 aromatic heterocycles. The van der Waals surface area contributed by atoms with Crippen LogP contribution in [-0.2, 0) is 9.84 Å². The van der Waals surface area contributed by atoms with Crippen LogP contribution in [0, 0.1) is 0 Å². The Morgan fingerprint density at radius 2 is 1.17 bits per heavy atom.